The van der Waals surface area contributed by atoms with Gasteiger partial charge in [0.2, 0.25) is 0 Å². The minimum atomic E-state index is -0.836. The Hall–Kier alpha value is -1.55. The fraction of sp³-hybridized carbons (Fsp3) is 0.222. The Bertz CT molecular complexity index is 311. The summed E-state index contributed by atoms with van der Waals surface area (Å²) in [5.41, 5.74) is 6.07. The van der Waals surface area contributed by atoms with Crippen molar-refractivity contribution in [2.24, 2.45) is 5.73 Å². The number of carbonyl (C=O) groups excluding carboxylic acids is 1. The predicted octanol–water partition coefficient (Wildman–Crippen LogP) is 0.565. The van der Waals surface area contributed by atoms with Gasteiger partial charge in [-0.2, -0.15) is 0 Å². The van der Waals surface area contributed by atoms with Gasteiger partial charge in [0.1, 0.15) is 11.8 Å². The molecule has 0 saturated carbocycles. The van der Waals surface area contributed by atoms with Gasteiger partial charge in [-0.05, 0) is 17.7 Å². The maximum atomic E-state index is 11.0. The van der Waals surface area contributed by atoms with E-state index < -0.39 is 12.0 Å². The van der Waals surface area contributed by atoms with Crippen molar-refractivity contribution in [3.05, 3.63) is 29.8 Å². The van der Waals surface area contributed by atoms with Crippen molar-refractivity contribution >= 4 is 5.97 Å². The number of hydrogen-bond acceptors (Lipinski definition) is 4. The van der Waals surface area contributed by atoms with Crippen LogP contribution in [0.1, 0.15) is 11.6 Å². The SMILES string of the molecule is COC(=O)[C@@H](N)c1cccc(O)c1. The van der Waals surface area contributed by atoms with E-state index in [0.717, 1.165) is 0 Å². The molecule has 0 aliphatic carbocycles. The van der Waals surface area contributed by atoms with E-state index in [1.807, 2.05) is 0 Å². The lowest BCUT2D eigenvalue weighted by Crippen LogP contribution is -2.22. The molecule has 1 aromatic carbocycles. The van der Waals surface area contributed by atoms with Crippen molar-refractivity contribution in [3.8, 4) is 5.75 Å². The number of carbonyl (C=O) groups is 1. The first kappa shape index (κ1) is 9.54. The van der Waals surface area contributed by atoms with E-state index in [0.29, 0.717) is 5.56 Å². The molecular weight excluding hydrogens is 170 g/mol. The predicted molar refractivity (Wildman–Crippen MR) is 47.1 cm³/mol. The van der Waals surface area contributed by atoms with E-state index in [1.54, 1.807) is 12.1 Å². The van der Waals surface area contributed by atoms with Gasteiger partial charge in [-0.15, -0.1) is 0 Å². The summed E-state index contributed by atoms with van der Waals surface area (Å²) in [5.74, 6) is -0.442. The number of phenols is 1. The van der Waals surface area contributed by atoms with Crippen LogP contribution in [0.25, 0.3) is 0 Å². The van der Waals surface area contributed by atoms with E-state index in [4.69, 9.17) is 10.8 Å². The lowest BCUT2D eigenvalue weighted by atomic mass is 10.1. The van der Waals surface area contributed by atoms with Crippen LogP contribution in [-0.2, 0) is 9.53 Å². The number of methoxy groups -OCH3 is 1. The molecule has 1 rings (SSSR count). The second kappa shape index (κ2) is 3.91. The van der Waals surface area contributed by atoms with Gasteiger partial charge < -0.3 is 15.6 Å². The highest BCUT2D eigenvalue weighted by molar-refractivity contribution is 5.77. The van der Waals surface area contributed by atoms with Gasteiger partial charge in [-0.1, -0.05) is 12.1 Å². The van der Waals surface area contributed by atoms with E-state index in [1.165, 1.54) is 19.2 Å². The van der Waals surface area contributed by atoms with Crippen LogP contribution in [0.2, 0.25) is 0 Å². The maximum absolute atomic E-state index is 11.0. The van der Waals surface area contributed by atoms with Crippen molar-refractivity contribution in [1.82, 2.24) is 0 Å². The molecule has 0 unspecified atom stereocenters. The summed E-state index contributed by atoms with van der Waals surface area (Å²) in [5, 5.41) is 9.11. The first-order chi connectivity index (χ1) is 6.15. The van der Waals surface area contributed by atoms with Gasteiger partial charge in [0.15, 0.2) is 0 Å². The second-order valence-corrected chi connectivity index (χ2v) is 2.60. The summed E-state index contributed by atoms with van der Waals surface area (Å²) in [6.07, 6.45) is 0. The van der Waals surface area contributed by atoms with Crippen LogP contribution in [0.3, 0.4) is 0 Å². The second-order valence-electron chi connectivity index (χ2n) is 2.60. The summed E-state index contributed by atoms with van der Waals surface area (Å²) < 4.78 is 4.46. The van der Waals surface area contributed by atoms with Crippen LogP contribution in [0, 0.1) is 0 Å². The van der Waals surface area contributed by atoms with Gasteiger partial charge in [0, 0.05) is 0 Å². The number of aromatic hydroxyl groups is 1. The van der Waals surface area contributed by atoms with Crippen LogP contribution in [-0.4, -0.2) is 18.2 Å². The van der Waals surface area contributed by atoms with Crippen LogP contribution < -0.4 is 5.73 Å². The minimum absolute atomic E-state index is 0.0804. The first-order valence-electron chi connectivity index (χ1n) is 3.77. The highest BCUT2D eigenvalue weighted by atomic mass is 16.5. The minimum Gasteiger partial charge on any atom is -0.508 e. The van der Waals surface area contributed by atoms with Crippen molar-refractivity contribution in [3.63, 3.8) is 0 Å². The number of hydrogen-bond donors (Lipinski definition) is 2. The average molecular weight is 181 g/mol. The van der Waals surface area contributed by atoms with E-state index in [2.05, 4.69) is 4.74 Å². The summed E-state index contributed by atoms with van der Waals surface area (Å²) >= 11 is 0. The van der Waals surface area contributed by atoms with E-state index >= 15 is 0 Å². The molecule has 0 fully saturated rings. The molecule has 4 nitrogen and oxygen atoms in total. The van der Waals surface area contributed by atoms with Gasteiger partial charge >= 0.3 is 5.97 Å². The fourth-order valence-corrected chi connectivity index (χ4v) is 0.981. The number of phenolic OH excluding ortho intramolecular Hbond substituents is 1. The molecule has 0 saturated heterocycles. The fourth-order valence-electron chi connectivity index (χ4n) is 0.981. The van der Waals surface area contributed by atoms with Gasteiger partial charge in [-0.25, -0.2) is 0 Å². The molecule has 0 aliphatic rings. The molecule has 3 N–H and O–H groups in total. The Balaban J connectivity index is 2.88. The standard InChI is InChI=1S/C9H11NO3/c1-13-9(12)8(10)6-3-2-4-7(11)5-6/h2-5,8,11H,10H2,1H3/t8-/m0/s1. The Labute approximate surface area is 75.9 Å². The van der Waals surface area contributed by atoms with Gasteiger partial charge in [0.25, 0.3) is 0 Å². The molecule has 0 spiro atoms. The molecule has 1 atom stereocenters. The highest BCUT2D eigenvalue weighted by Crippen LogP contribution is 2.16. The molecule has 0 radical (unpaired) electrons. The molecule has 13 heavy (non-hydrogen) atoms. The topological polar surface area (TPSA) is 72.5 Å². The molecule has 0 aliphatic heterocycles. The Morgan fingerprint density at radius 1 is 1.62 bits per heavy atom. The first-order valence-corrected chi connectivity index (χ1v) is 3.77. The van der Waals surface area contributed by atoms with Crippen molar-refractivity contribution < 1.29 is 14.6 Å². The summed E-state index contributed by atoms with van der Waals surface area (Å²) in [6.45, 7) is 0. The Kier molecular flexibility index (Phi) is 2.87. The van der Waals surface area contributed by atoms with Crippen LogP contribution >= 0.6 is 0 Å². The number of esters is 1. The van der Waals surface area contributed by atoms with E-state index in [9.17, 15) is 4.79 Å². The van der Waals surface area contributed by atoms with Crippen molar-refractivity contribution in [2.75, 3.05) is 7.11 Å². The third-order valence-electron chi connectivity index (χ3n) is 1.68. The zero-order valence-electron chi connectivity index (χ0n) is 7.23. The molecule has 0 bridgehead atoms. The number of rotatable bonds is 2. The molecule has 70 valence electrons. The summed E-state index contributed by atoms with van der Waals surface area (Å²) in [7, 11) is 1.27. The quantitative estimate of drug-likeness (QED) is 0.654. The summed E-state index contributed by atoms with van der Waals surface area (Å²) in [6, 6.07) is 5.38. The number of nitrogens with two attached hydrogens (primary N) is 1. The lowest BCUT2D eigenvalue weighted by Gasteiger charge is -2.08. The van der Waals surface area contributed by atoms with Crippen LogP contribution in [0.5, 0.6) is 5.75 Å². The van der Waals surface area contributed by atoms with Crippen LogP contribution in [0.15, 0.2) is 24.3 Å². The molecule has 1 aromatic rings. The third-order valence-corrected chi connectivity index (χ3v) is 1.68. The number of benzene rings is 1. The largest absolute Gasteiger partial charge is 0.508 e. The van der Waals surface area contributed by atoms with Crippen molar-refractivity contribution in [2.45, 2.75) is 6.04 Å². The van der Waals surface area contributed by atoms with E-state index in [-0.39, 0.29) is 5.75 Å². The monoisotopic (exact) mass is 181 g/mol. The Morgan fingerprint density at radius 3 is 2.85 bits per heavy atom. The lowest BCUT2D eigenvalue weighted by molar-refractivity contribution is -0.142. The smallest absolute Gasteiger partial charge is 0.327 e. The van der Waals surface area contributed by atoms with Gasteiger partial charge in [-0.3, -0.25) is 4.79 Å². The molecule has 0 heterocycles. The molecular formula is C9H11NO3. The maximum Gasteiger partial charge on any atom is 0.327 e. The average Bonchev–Trinajstić information content (AvgIpc) is 2.15. The van der Waals surface area contributed by atoms with Crippen molar-refractivity contribution in [1.29, 1.82) is 0 Å². The molecule has 0 amide bonds. The van der Waals surface area contributed by atoms with Gasteiger partial charge in [0.05, 0.1) is 7.11 Å². The summed E-state index contributed by atoms with van der Waals surface area (Å²) in [4.78, 5) is 11.0. The molecule has 0 aromatic heterocycles. The molecule has 4 heteroatoms. The highest BCUT2D eigenvalue weighted by Gasteiger charge is 2.15. The number of ether oxygens (including phenoxy) is 1. The normalized spacial score (nSPS) is 12.2. The van der Waals surface area contributed by atoms with Crippen LogP contribution in [0.4, 0.5) is 0 Å². The zero-order chi connectivity index (χ0) is 9.84. The third kappa shape index (κ3) is 2.19. The Morgan fingerprint density at radius 2 is 2.31 bits per heavy atom. The zero-order valence-corrected chi connectivity index (χ0v) is 7.23.